The van der Waals surface area contributed by atoms with E-state index in [1.165, 1.54) is 37.7 Å². The van der Waals surface area contributed by atoms with Crippen LogP contribution in [-0.4, -0.2) is 14.2 Å². The summed E-state index contributed by atoms with van der Waals surface area (Å²) in [5.41, 5.74) is 1.56. The largest absolute Gasteiger partial charge is 0.495 e. The van der Waals surface area contributed by atoms with Gasteiger partial charge in [0, 0.05) is 10.4 Å². The van der Waals surface area contributed by atoms with Gasteiger partial charge < -0.3 is 9.47 Å². The van der Waals surface area contributed by atoms with E-state index in [9.17, 15) is 0 Å². The Hall–Kier alpha value is -0.220. The predicted molar refractivity (Wildman–Crippen MR) is 90.1 cm³/mol. The average Bonchev–Trinajstić information content (AvgIpc) is 2.96. The van der Waals surface area contributed by atoms with Gasteiger partial charge in [-0.25, -0.2) is 0 Å². The van der Waals surface area contributed by atoms with Gasteiger partial charge in [0.2, 0.25) is 0 Å². The smallest absolute Gasteiger partial charge is 0.141 e. The third-order valence-corrected chi connectivity index (χ3v) is 6.85. The average molecular weight is 406 g/mol. The Balaban J connectivity index is 2.44. The second-order valence-electron chi connectivity index (χ2n) is 5.49. The molecular weight excluding hydrogens is 384 g/mol. The number of benzene rings is 1. The van der Waals surface area contributed by atoms with Crippen molar-refractivity contribution in [3.63, 3.8) is 0 Å². The molecule has 0 radical (unpaired) electrons. The molecule has 0 aliphatic heterocycles. The molecule has 1 saturated carbocycles. The number of rotatable bonds is 5. The van der Waals surface area contributed by atoms with Gasteiger partial charge in [0.25, 0.3) is 0 Å². The number of alkyl halides is 1. The molecule has 1 aliphatic carbocycles. The molecule has 0 bridgehead atoms. The van der Waals surface area contributed by atoms with Crippen molar-refractivity contribution < 1.29 is 9.47 Å². The Morgan fingerprint density at radius 1 is 1.20 bits per heavy atom. The summed E-state index contributed by atoms with van der Waals surface area (Å²) in [6.07, 6.45) is 6.42. The van der Waals surface area contributed by atoms with Crippen molar-refractivity contribution in [2.24, 2.45) is 5.41 Å². The summed E-state index contributed by atoms with van der Waals surface area (Å²) >= 11 is 7.56. The molecule has 0 N–H and O–H groups in total. The van der Waals surface area contributed by atoms with E-state index in [0.29, 0.717) is 10.2 Å². The maximum Gasteiger partial charge on any atom is 0.141 e. The summed E-state index contributed by atoms with van der Waals surface area (Å²) in [5, 5.41) is 0. The second-order valence-corrected chi connectivity index (χ2v) is 7.20. The molecule has 0 spiro atoms. The summed E-state index contributed by atoms with van der Waals surface area (Å²) in [7, 11) is 3.39. The third-order valence-electron chi connectivity index (χ3n) is 4.63. The molecule has 1 fully saturated rings. The maximum atomic E-state index is 5.63. The van der Waals surface area contributed by atoms with Crippen molar-refractivity contribution in [1.82, 2.24) is 0 Å². The van der Waals surface area contributed by atoms with Gasteiger partial charge in [0.15, 0.2) is 0 Å². The van der Waals surface area contributed by atoms with Crippen LogP contribution in [-0.2, 0) is 0 Å². The second kappa shape index (κ2) is 6.69. The first-order valence-electron chi connectivity index (χ1n) is 7.14. The minimum atomic E-state index is 0.319. The van der Waals surface area contributed by atoms with Crippen LogP contribution >= 0.6 is 31.9 Å². The normalized spacial score (nSPS) is 18.9. The molecule has 1 unspecified atom stereocenters. The van der Waals surface area contributed by atoms with E-state index in [-0.39, 0.29) is 0 Å². The topological polar surface area (TPSA) is 18.5 Å². The third kappa shape index (κ3) is 2.74. The molecule has 1 aromatic rings. The molecule has 0 amide bonds. The number of methoxy groups -OCH3 is 2. The summed E-state index contributed by atoms with van der Waals surface area (Å²) in [6.45, 7) is 2.30. The Morgan fingerprint density at radius 3 is 2.35 bits per heavy atom. The van der Waals surface area contributed by atoms with Crippen molar-refractivity contribution >= 4 is 31.9 Å². The fourth-order valence-electron chi connectivity index (χ4n) is 3.31. The van der Waals surface area contributed by atoms with Gasteiger partial charge >= 0.3 is 0 Å². The van der Waals surface area contributed by atoms with Gasteiger partial charge in [0.05, 0.1) is 14.2 Å². The van der Waals surface area contributed by atoms with Gasteiger partial charge in [-0.3, -0.25) is 0 Å². The summed E-state index contributed by atoms with van der Waals surface area (Å²) in [6, 6.07) is 4.13. The molecule has 4 heteroatoms. The van der Waals surface area contributed by atoms with Gasteiger partial charge in [-0.1, -0.05) is 41.8 Å². The molecule has 20 heavy (non-hydrogen) atoms. The molecule has 0 saturated heterocycles. The van der Waals surface area contributed by atoms with Crippen LogP contribution in [0, 0.1) is 5.41 Å². The Morgan fingerprint density at radius 2 is 1.85 bits per heavy atom. The van der Waals surface area contributed by atoms with E-state index < -0.39 is 0 Å². The standard InChI is InChI=1S/C16H22Br2O2/c1-4-16(9-5-6-10-16)15(18)11-7-8-12(19-2)13(17)14(11)20-3/h7-8,15H,4-6,9-10H2,1-3H3. The Labute approximate surface area is 138 Å². The summed E-state index contributed by atoms with van der Waals surface area (Å²) in [5.74, 6) is 1.69. The lowest BCUT2D eigenvalue weighted by atomic mass is 9.77. The number of hydrogen-bond acceptors (Lipinski definition) is 2. The quantitative estimate of drug-likeness (QED) is 0.570. The Bertz CT molecular complexity index is 468. The zero-order chi connectivity index (χ0) is 14.8. The van der Waals surface area contributed by atoms with Crippen LogP contribution in [0.3, 0.4) is 0 Å². The first kappa shape index (κ1) is 16.2. The van der Waals surface area contributed by atoms with E-state index in [4.69, 9.17) is 9.47 Å². The molecule has 0 aromatic heterocycles. The molecule has 112 valence electrons. The maximum absolute atomic E-state index is 5.63. The van der Waals surface area contributed by atoms with Gasteiger partial charge in [-0.15, -0.1) is 0 Å². The van der Waals surface area contributed by atoms with Crippen LogP contribution in [0.1, 0.15) is 49.4 Å². The fourth-order valence-corrected chi connectivity index (χ4v) is 5.14. The lowest BCUT2D eigenvalue weighted by Crippen LogP contribution is -2.21. The van der Waals surface area contributed by atoms with Gasteiger partial charge in [-0.05, 0) is 46.7 Å². The van der Waals surface area contributed by atoms with Crippen molar-refractivity contribution in [2.75, 3.05) is 14.2 Å². The molecule has 1 aliphatic rings. The monoisotopic (exact) mass is 404 g/mol. The molecule has 2 nitrogen and oxygen atoms in total. The number of halogens is 2. The van der Waals surface area contributed by atoms with Crippen molar-refractivity contribution in [3.05, 3.63) is 22.2 Å². The van der Waals surface area contributed by atoms with Crippen LogP contribution in [0.5, 0.6) is 11.5 Å². The minimum absolute atomic E-state index is 0.319. The summed E-state index contributed by atoms with van der Waals surface area (Å²) in [4.78, 5) is 0.319. The fraction of sp³-hybridized carbons (Fsp3) is 0.625. The van der Waals surface area contributed by atoms with E-state index in [1.807, 2.05) is 6.07 Å². The Kier molecular flexibility index (Phi) is 5.41. The number of hydrogen-bond donors (Lipinski definition) is 0. The molecule has 0 heterocycles. The van der Waals surface area contributed by atoms with Crippen molar-refractivity contribution in [3.8, 4) is 11.5 Å². The SMILES string of the molecule is CCC1(C(Br)c2ccc(OC)c(Br)c2OC)CCCC1. The van der Waals surface area contributed by atoms with Gasteiger partial charge in [-0.2, -0.15) is 0 Å². The molecule has 2 rings (SSSR count). The van der Waals surface area contributed by atoms with Crippen LogP contribution in [0.25, 0.3) is 0 Å². The van der Waals surface area contributed by atoms with E-state index in [0.717, 1.165) is 16.0 Å². The highest BCUT2D eigenvalue weighted by Gasteiger charge is 2.40. The lowest BCUT2D eigenvalue weighted by Gasteiger charge is -2.34. The summed E-state index contributed by atoms with van der Waals surface area (Å²) < 4.78 is 11.9. The number of ether oxygens (including phenoxy) is 2. The van der Waals surface area contributed by atoms with Crippen LogP contribution in [0.2, 0.25) is 0 Å². The highest BCUT2D eigenvalue weighted by Crippen LogP contribution is 2.56. The van der Waals surface area contributed by atoms with Crippen LogP contribution < -0.4 is 9.47 Å². The van der Waals surface area contributed by atoms with Crippen molar-refractivity contribution in [1.29, 1.82) is 0 Å². The van der Waals surface area contributed by atoms with E-state index in [2.05, 4.69) is 44.8 Å². The minimum Gasteiger partial charge on any atom is -0.495 e. The zero-order valence-electron chi connectivity index (χ0n) is 12.3. The van der Waals surface area contributed by atoms with Crippen LogP contribution in [0.4, 0.5) is 0 Å². The van der Waals surface area contributed by atoms with E-state index >= 15 is 0 Å². The predicted octanol–water partition coefficient (Wildman–Crippen LogP) is 5.87. The van der Waals surface area contributed by atoms with E-state index in [1.54, 1.807) is 14.2 Å². The van der Waals surface area contributed by atoms with Gasteiger partial charge in [0.1, 0.15) is 16.0 Å². The lowest BCUT2D eigenvalue weighted by molar-refractivity contribution is 0.274. The highest BCUT2D eigenvalue weighted by molar-refractivity contribution is 9.10. The molecule has 1 aromatic carbocycles. The van der Waals surface area contributed by atoms with Crippen LogP contribution in [0.15, 0.2) is 16.6 Å². The first-order valence-corrected chi connectivity index (χ1v) is 8.85. The zero-order valence-corrected chi connectivity index (χ0v) is 15.5. The first-order chi connectivity index (χ1) is 9.59. The highest BCUT2D eigenvalue weighted by atomic mass is 79.9. The van der Waals surface area contributed by atoms with Crippen molar-refractivity contribution in [2.45, 2.75) is 43.9 Å². The molecule has 1 atom stereocenters. The molecular formula is C16H22Br2O2.